The van der Waals surface area contributed by atoms with Gasteiger partial charge in [-0.25, -0.2) is 0 Å². The summed E-state index contributed by atoms with van der Waals surface area (Å²) in [6.45, 7) is 4.49. The molecule has 0 aromatic heterocycles. The van der Waals surface area contributed by atoms with Gasteiger partial charge in [-0.15, -0.1) is 0 Å². The largest absolute Gasteiger partial charge is 0.338 e. The van der Waals surface area contributed by atoms with Gasteiger partial charge in [-0.1, -0.05) is 69.8 Å². The van der Waals surface area contributed by atoms with E-state index >= 15 is 0 Å². The fourth-order valence-electron chi connectivity index (χ4n) is 2.25. The lowest BCUT2D eigenvalue weighted by Gasteiger charge is -1.97. The van der Waals surface area contributed by atoms with Crippen molar-refractivity contribution in [3.05, 3.63) is 0 Å². The first-order valence-electron chi connectivity index (χ1n) is 8.23. The third kappa shape index (κ3) is 14.2. The Kier molecular flexibility index (Phi) is 15.2. The Labute approximate surface area is 116 Å². The summed E-state index contributed by atoms with van der Waals surface area (Å²) in [5.41, 5.74) is 0. The summed E-state index contributed by atoms with van der Waals surface area (Å²) in [6, 6.07) is 0. The maximum Gasteiger partial charge on any atom is 0.338 e. The Morgan fingerprint density at radius 1 is 0.556 bits per heavy atom. The highest BCUT2D eigenvalue weighted by Gasteiger charge is 2.12. The molecule has 0 bridgehead atoms. The molecule has 2 heteroatoms. The number of rotatable bonds is 14. The summed E-state index contributed by atoms with van der Waals surface area (Å²) < 4.78 is 11.8. The average Bonchev–Trinajstić information content (AvgIpc) is 2.38. The standard InChI is InChI=1S/C16H34OP/c1-3-5-7-9-11-13-15-18(17)16-14-12-10-8-6-4-2/h3-16H2,1-2H3/q+1. The van der Waals surface area contributed by atoms with Gasteiger partial charge >= 0.3 is 7.80 Å². The Morgan fingerprint density at radius 3 is 1.28 bits per heavy atom. The highest BCUT2D eigenvalue weighted by Crippen LogP contribution is 2.25. The highest BCUT2D eigenvalue weighted by atomic mass is 31.1. The zero-order valence-corrected chi connectivity index (χ0v) is 13.6. The molecule has 0 unspecified atom stereocenters. The van der Waals surface area contributed by atoms with E-state index in [1.807, 2.05) is 0 Å². The van der Waals surface area contributed by atoms with Gasteiger partial charge in [0.05, 0.1) is 0 Å². The van der Waals surface area contributed by atoms with Crippen molar-refractivity contribution >= 4 is 7.80 Å². The molecule has 0 N–H and O–H groups in total. The van der Waals surface area contributed by atoms with Crippen LogP contribution in [-0.4, -0.2) is 12.3 Å². The second-order valence-corrected chi connectivity index (χ2v) is 7.32. The second kappa shape index (κ2) is 15.2. The van der Waals surface area contributed by atoms with E-state index in [-0.39, 0.29) is 0 Å². The lowest BCUT2D eigenvalue weighted by molar-refractivity contribution is 0.574. The zero-order valence-electron chi connectivity index (χ0n) is 12.8. The predicted octanol–water partition coefficient (Wildman–Crippen LogP) is 6.53. The number of hydrogen-bond acceptors (Lipinski definition) is 1. The van der Waals surface area contributed by atoms with Crippen LogP contribution < -0.4 is 0 Å². The van der Waals surface area contributed by atoms with Gasteiger partial charge in [-0.2, -0.15) is 0 Å². The normalized spacial score (nSPS) is 10.8. The van der Waals surface area contributed by atoms with Crippen LogP contribution in [0.25, 0.3) is 0 Å². The Morgan fingerprint density at radius 2 is 0.889 bits per heavy atom. The molecular formula is C16H34OP+. The van der Waals surface area contributed by atoms with E-state index in [9.17, 15) is 4.57 Å². The quantitative estimate of drug-likeness (QED) is 0.259. The molecule has 0 aromatic rings. The van der Waals surface area contributed by atoms with E-state index < -0.39 is 7.80 Å². The topological polar surface area (TPSA) is 17.1 Å². The molecule has 0 aliphatic heterocycles. The molecule has 0 amide bonds. The molecule has 0 saturated heterocycles. The lowest BCUT2D eigenvalue weighted by atomic mass is 10.1. The minimum absolute atomic E-state index is 0.880. The minimum atomic E-state index is -0.880. The summed E-state index contributed by atoms with van der Waals surface area (Å²) in [5.74, 6) is 0. The Balaban J connectivity index is 3.12. The van der Waals surface area contributed by atoms with Crippen LogP contribution in [0, 0.1) is 0 Å². The van der Waals surface area contributed by atoms with E-state index in [2.05, 4.69) is 13.8 Å². The van der Waals surface area contributed by atoms with E-state index in [1.54, 1.807) is 0 Å². The molecule has 0 aromatic carbocycles. The highest BCUT2D eigenvalue weighted by molar-refractivity contribution is 7.44. The van der Waals surface area contributed by atoms with Crippen LogP contribution in [0.3, 0.4) is 0 Å². The fourth-order valence-corrected chi connectivity index (χ4v) is 3.63. The van der Waals surface area contributed by atoms with Gasteiger partial charge in [-0.3, -0.25) is 0 Å². The average molecular weight is 273 g/mol. The maximum absolute atomic E-state index is 11.8. The van der Waals surface area contributed by atoms with Crippen LogP contribution in [0.2, 0.25) is 0 Å². The van der Waals surface area contributed by atoms with Crippen LogP contribution in [0.1, 0.15) is 90.9 Å². The zero-order chi connectivity index (χ0) is 13.5. The smallest absolute Gasteiger partial charge is 0.0748 e. The van der Waals surface area contributed by atoms with Crippen molar-refractivity contribution in [1.29, 1.82) is 0 Å². The first-order chi connectivity index (χ1) is 8.81. The third-order valence-corrected chi connectivity index (χ3v) is 5.15. The van der Waals surface area contributed by atoms with Gasteiger partial charge in [0.1, 0.15) is 12.3 Å². The van der Waals surface area contributed by atoms with Crippen molar-refractivity contribution in [3.63, 3.8) is 0 Å². The van der Waals surface area contributed by atoms with Gasteiger partial charge in [0.25, 0.3) is 0 Å². The fraction of sp³-hybridized carbons (Fsp3) is 1.00. The van der Waals surface area contributed by atoms with Crippen molar-refractivity contribution in [2.45, 2.75) is 90.9 Å². The monoisotopic (exact) mass is 273 g/mol. The van der Waals surface area contributed by atoms with Crippen molar-refractivity contribution in [2.75, 3.05) is 12.3 Å². The molecular weight excluding hydrogens is 239 g/mol. The molecule has 0 fully saturated rings. The summed E-state index contributed by atoms with van der Waals surface area (Å²) in [5, 5.41) is 0. The molecule has 0 radical (unpaired) electrons. The van der Waals surface area contributed by atoms with Gasteiger partial charge < -0.3 is 0 Å². The molecule has 18 heavy (non-hydrogen) atoms. The van der Waals surface area contributed by atoms with E-state index in [1.165, 1.54) is 77.0 Å². The first-order valence-corrected chi connectivity index (χ1v) is 9.86. The van der Waals surface area contributed by atoms with Gasteiger partial charge in [0, 0.05) is 0 Å². The lowest BCUT2D eigenvalue weighted by Crippen LogP contribution is -1.87. The van der Waals surface area contributed by atoms with E-state index in [4.69, 9.17) is 0 Å². The van der Waals surface area contributed by atoms with Gasteiger partial charge in [-0.05, 0) is 25.7 Å². The Hall–Kier alpha value is 0.100. The summed E-state index contributed by atoms with van der Waals surface area (Å²) >= 11 is 0. The third-order valence-electron chi connectivity index (χ3n) is 3.52. The molecule has 0 aliphatic carbocycles. The van der Waals surface area contributed by atoms with E-state index in [0.29, 0.717) is 0 Å². The molecule has 0 heterocycles. The molecule has 0 saturated carbocycles. The van der Waals surface area contributed by atoms with Gasteiger partial charge in [0.2, 0.25) is 0 Å². The van der Waals surface area contributed by atoms with Crippen LogP contribution >= 0.6 is 7.80 Å². The van der Waals surface area contributed by atoms with Crippen LogP contribution in [0.5, 0.6) is 0 Å². The molecule has 108 valence electrons. The number of unbranched alkanes of at least 4 members (excludes halogenated alkanes) is 10. The molecule has 1 nitrogen and oxygen atoms in total. The summed E-state index contributed by atoms with van der Waals surface area (Å²) in [6.07, 6.45) is 17.7. The minimum Gasteiger partial charge on any atom is -0.0748 e. The molecule has 0 atom stereocenters. The molecule has 0 rings (SSSR count). The molecule has 0 spiro atoms. The second-order valence-electron chi connectivity index (χ2n) is 5.46. The summed E-state index contributed by atoms with van der Waals surface area (Å²) in [7, 11) is -0.880. The van der Waals surface area contributed by atoms with E-state index in [0.717, 1.165) is 12.3 Å². The van der Waals surface area contributed by atoms with Crippen molar-refractivity contribution in [2.24, 2.45) is 0 Å². The first kappa shape index (κ1) is 18.1. The Bertz CT molecular complexity index is 162. The predicted molar refractivity (Wildman–Crippen MR) is 84.1 cm³/mol. The maximum atomic E-state index is 11.8. The summed E-state index contributed by atoms with van der Waals surface area (Å²) in [4.78, 5) is 0. The molecule has 0 aliphatic rings. The van der Waals surface area contributed by atoms with Crippen molar-refractivity contribution in [1.82, 2.24) is 0 Å². The number of hydrogen-bond donors (Lipinski definition) is 0. The van der Waals surface area contributed by atoms with Crippen LogP contribution in [0.4, 0.5) is 0 Å². The van der Waals surface area contributed by atoms with Crippen LogP contribution in [0.15, 0.2) is 0 Å². The van der Waals surface area contributed by atoms with Crippen LogP contribution in [-0.2, 0) is 4.57 Å². The van der Waals surface area contributed by atoms with Crippen molar-refractivity contribution in [3.8, 4) is 0 Å². The SMILES string of the molecule is CCCCCCCC[P+](=O)CCCCCCCC. The van der Waals surface area contributed by atoms with Gasteiger partial charge in [0.15, 0.2) is 0 Å². The van der Waals surface area contributed by atoms with Crippen molar-refractivity contribution < 1.29 is 4.57 Å².